The number of carbonyl (C=O) groups excluding carboxylic acids is 1. The standard InChI is InChI=1S/C32H47N5O4S/c1-41-29-13-12-26(25-9-3-2-4-10-25)20-27(29)28-23-42-31(33-28)34-32(40)37-18-16-36(17-19-37)22-24-8-7-15-35(21-24)14-6-5-11-30(38)39/h12-13,20,23-25H,2-11,14-19,21-22H2,1H3,(H,38,39)(H,33,34,40)/t24-/m1/s1. The molecule has 1 aromatic carbocycles. The molecule has 3 heterocycles. The molecule has 2 aromatic rings. The Kier molecular flexibility index (Phi) is 11.1. The lowest BCUT2D eigenvalue weighted by atomic mass is 9.83. The molecule has 2 aliphatic heterocycles. The number of carbonyl (C=O) groups is 2. The number of ether oxygens (including phenoxy) is 1. The number of methoxy groups -OCH3 is 1. The molecule has 1 saturated carbocycles. The number of unbranched alkanes of at least 4 members (excludes halogenated alkanes) is 1. The predicted molar refractivity (Wildman–Crippen MR) is 168 cm³/mol. The van der Waals surface area contributed by atoms with E-state index in [-0.39, 0.29) is 12.5 Å². The Bertz CT molecular complexity index is 1180. The summed E-state index contributed by atoms with van der Waals surface area (Å²) in [6.45, 7) is 7.48. The van der Waals surface area contributed by atoms with Crippen molar-refractivity contribution in [3.63, 3.8) is 0 Å². The number of thiazole rings is 1. The van der Waals surface area contributed by atoms with Gasteiger partial charge in [0.15, 0.2) is 5.13 Å². The molecule has 230 valence electrons. The molecule has 3 aliphatic rings. The Hall–Kier alpha value is -2.69. The maximum atomic E-state index is 13.1. The van der Waals surface area contributed by atoms with E-state index < -0.39 is 5.97 Å². The zero-order chi connectivity index (χ0) is 29.3. The van der Waals surface area contributed by atoms with Crippen molar-refractivity contribution >= 4 is 28.5 Å². The van der Waals surface area contributed by atoms with E-state index in [9.17, 15) is 9.59 Å². The Balaban J connectivity index is 1.08. The van der Waals surface area contributed by atoms with E-state index in [4.69, 9.17) is 14.8 Å². The van der Waals surface area contributed by atoms with E-state index in [0.29, 0.717) is 30.1 Å². The zero-order valence-electron chi connectivity index (χ0n) is 25.1. The molecule has 2 amide bonds. The topological polar surface area (TPSA) is 98.2 Å². The normalized spacial score (nSPS) is 20.9. The van der Waals surface area contributed by atoms with E-state index in [2.05, 4.69) is 33.3 Å². The monoisotopic (exact) mass is 597 g/mol. The molecule has 3 fully saturated rings. The second kappa shape index (κ2) is 15.2. The van der Waals surface area contributed by atoms with Crippen LogP contribution >= 0.6 is 11.3 Å². The van der Waals surface area contributed by atoms with Crippen LogP contribution in [-0.4, -0.2) is 96.3 Å². The van der Waals surface area contributed by atoms with E-state index in [1.165, 1.54) is 61.8 Å². The molecule has 1 aromatic heterocycles. The molecule has 2 saturated heterocycles. The average Bonchev–Trinajstić information content (AvgIpc) is 3.48. The molecule has 0 radical (unpaired) electrons. The molecule has 0 unspecified atom stereocenters. The first-order valence-electron chi connectivity index (χ1n) is 15.8. The summed E-state index contributed by atoms with van der Waals surface area (Å²) in [6, 6.07) is 6.41. The van der Waals surface area contributed by atoms with Crippen LogP contribution in [0.15, 0.2) is 23.6 Å². The summed E-state index contributed by atoms with van der Waals surface area (Å²) >= 11 is 1.46. The summed E-state index contributed by atoms with van der Waals surface area (Å²) in [6.07, 6.45) is 10.8. The van der Waals surface area contributed by atoms with E-state index in [1.54, 1.807) is 7.11 Å². The Morgan fingerprint density at radius 1 is 1.02 bits per heavy atom. The molecule has 0 bridgehead atoms. The van der Waals surface area contributed by atoms with Gasteiger partial charge in [-0.05, 0) is 81.1 Å². The molecule has 10 heteroatoms. The fourth-order valence-electron chi connectivity index (χ4n) is 6.85. The maximum Gasteiger partial charge on any atom is 0.323 e. The van der Waals surface area contributed by atoms with Crippen molar-refractivity contribution in [2.24, 2.45) is 5.92 Å². The first kappa shape index (κ1) is 30.8. The van der Waals surface area contributed by atoms with Crippen LogP contribution in [-0.2, 0) is 4.79 Å². The van der Waals surface area contributed by atoms with Gasteiger partial charge in [0.1, 0.15) is 5.75 Å². The molecule has 42 heavy (non-hydrogen) atoms. The summed E-state index contributed by atoms with van der Waals surface area (Å²) in [7, 11) is 1.70. The average molecular weight is 598 g/mol. The lowest BCUT2D eigenvalue weighted by Gasteiger charge is -2.39. The lowest BCUT2D eigenvalue weighted by molar-refractivity contribution is -0.137. The van der Waals surface area contributed by atoms with Gasteiger partial charge in [-0.1, -0.05) is 25.3 Å². The number of benzene rings is 1. The number of urea groups is 1. The summed E-state index contributed by atoms with van der Waals surface area (Å²) in [5, 5.41) is 14.5. The number of piperazine rings is 1. The summed E-state index contributed by atoms with van der Waals surface area (Å²) in [5.74, 6) is 1.35. The highest BCUT2D eigenvalue weighted by molar-refractivity contribution is 7.14. The Morgan fingerprint density at radius 2 is 1.83 bits per heavy atom. The van der Waals surface area contributed by atoms with Crippen LogP contribution in [0.25, 0.3) is 11.3 Å². The molecule has 2 N–H and O–H groups in total. The number of nitrogens with one attached hydrogen (secondary N) is 1. The van der Waals surface area contributed by atoms with Gasteiger partial charge in [-0.25, -0.2) is 9.78 Å². The minimum atomic E-state index is -0.702. The summed E-state index contributed by atoms with van der Waals surface area (Å²) in [4.78, 5) is 35.5. The van der Waals surface area contributed by atoms with E-state index in [1.807, 2.05) is 10.3 Å². The number of nitrogens with zero attached hydrogens (tertiary/aromatic N) is 4. The van der Waals surface area contributed by atoms with Crippen LogP contribution < -0.4 is 10.1 Å². The fraction of sp³-hybridized carbons (Fsp3) is 0.656. The van der Waals surface area contributed by atoms with Gasteiger partial charge in [0.2, 0.25) is 0 Å². The van der Waals surface area contributed by atoms with Gasteiger partial charge < -0.3 is 19.6 Å². The number of piperidine rings is 1. The molecule has 1 aliphatic carbocycles. The zero-order valence-corrected chi connectivity index (χ0v) is 25.9. The number of anilines is 1. The Morgan fingerprint density at radius 3 is 2.60 bits per heavy atom. The number of aliphatic carboxylic acids is 1. The van der Waals surface area contributed by atoms with E-state index >= 15 is 0 Å². The van der Waals surface area contributed by atoms with Crippen LogP contribution in [0.2, 0.25) is 0 Å². The highest BCUT2D eigenvalue weighted by atomic mass is 32.1. The van der Waals surface area contributed by atoms with Gasteiger partial charge >= 0.3 is 12.0 Å². The summed E-state index contributed by atoms with van der Waals surface area (Å²) < 4.78 is 5.67. The number of carboxylic acids is 1. The quantitative estimate of drug-likeness (QED) is 0.308. The van der Waals surface area contributed by atoms with Crippen LogP contribution in [0.4, 0.5) is 9.93 Å². The maximum absolute atomic E-state index is 13.1. The van der Waals surface area contributed by atoms with Crippen molar-refractivity contribution in [2.75, 3.05) is 64.8 Å². The third-order valence-corrected chi connectivity index (χ3v) is 9.95. The molecule has 9 nitrogen and oxygen atoms in total. The van der Waals surface area contributed by atoms with Crippen molar-refractivity contribution in [2.45, 2.75) is 70.1 Å². The largest absolute Gasteiger partial charge is 0.496 e. The molecule has 5 rings (SSSR count). The number of rotatable bonds is 11. The van der Waals surface area contributed by atoms with Crippen molar-refractivity contribution in [1.29, 1.82) is 0 Å². The molecular weight excluding hydrogens is 550 g/mol. The predicted octanol–water partition coefficient (Wildman–Crippen LogP) is 5.98. The minimum absolute atomic E-state index is 0.0799. The van der Waals surface area contributed by atoms with Crippen LogP contribution in [0.3, 0.4) is 0 Å². The van der Waals surface area contributed by atoms with Gasteiger partial charge in [0.05, 0.1) is 12.8 Å². The Labute approximate surface area is 254 Å². The first-order chi connectivity index (χ1) is 20.5. The minimum Gasteiger partial charge on any atom is -0.496 e. The summed E-state index contributed by atoms with van der Waals surface area (Å²) in [5.41, 5.74) is 3.20. The van der Waals surface area contributed by atoms with Crippen molar-refractivity contribution in [1.82, 2.24) is 19.7 Å². The number of aromatic nitrogens is 1. The SMILES string of the molecule is COc1ccc(C2CCCCC2)cc1-c1csc(NC(=O)N2CCN(C[C@@H]3CCCN(CCCCC(=O)O)C3)CC2)n1. The second-order valence-corrected chi connectivity index (χ2v) is 13.1. The highest BCUT2D eigenvalue weighted by Crippen LogP contribution is 2.38. The van der Waals surface area contributed by atoms with Gasteiger partial charge in [0.25, 0.3) is 0 Å². The number of hydrogen-bond acceptors (Lipinski definition) is 7. The molecule has 1 atom stereocenters. The van der Waals surface area contributed by atoms with Crippen LogP contribution in [0.5, 0.6) is 5.75 Å². The van der Waals surface area contributed by atoms with Crippen molar-refractivity contribution < 1.29 is 19.4 Å². The number of carboxylic acid groups (broad SMARTS) is 1. The van der Waals surface area contributed by atoms with E-state index in [0.717, 1.165) is 69.1 Å². The molecular formula is C32H47N5O4S. The van der Waals surface area contributed by atoms with Crippen LogP contribution in [0, 0.1) is 5.92 Å². The lowest BCUT2D eigenvalue weighted by Crippen LogP contribution is -2.52. The fourth-order valence-corrected chi connectivity index (χ4v) is 7.55. The smallest absolute Gasteiger partial charge is 0.323 e. The van der Waals surface area contributed by atoms with Gasteiger partial charge in [-0.3, -0.25) is 15.0 Å². The first-order valence-corrected chi connectivity index (χ1v) is 16.7. The third kappa shape index (κ3) is 8.45. The van der Waals surface area contributed by atoms with Crippen molar-refractivity contribution in [3.05, 3.63) is 29.1 Å². The third-order valence-electron chi connectivity index (χ3n) is 9.19. The number of likely N-dealkylation sites (tertiary alicyclic amines) is 1. The van der Waals surface area contributed by atoms with Crippen molar-refractivity contribution in [3.8, 4) is 17.0 Å². The molecule has 0 spiro atoms. The number of hydrogen-bond donors (Lipinski definition) is 2. The highest BCUT2D eigenvalue weighted by Gasteiger charge is 2.26. The second-order valence-electron chi connectivity index (χ2n) is 12.2. The van der Waals surface area contributed by atoms with Gasteiger partial charge in [-0.15, -0.1) is 11.3 Å². The van der Waals surface area contributed by atoms with Gasteiger partial charge in [0, 0.05) is 56.6 Å². The number of amides is 2. The van der Waals surface area contributed by atoms with Crippen LogP contribution in [0.1, 0.15) is 75.7 Å². The van der Waals surface area contributed by atoms with Gasteiger partial charge in [-0.2, -0.15) is 0 Å².